The van der Waals surface area contributed by atoms with Gasteiger partial charge < -0.3 is 5.73 Å². The Kier molecular flexibility index (Phi) is 3.92. The molecular formula is C18H19N3O. The van der Waals surface area contributed by atoms with Gasteiger partial charge in [-0.05, 0) is 30.5 Å². The molecule has 4 heteroatoms. The molecule has 2 N–H and O–H groups in total. The number of allylic oxidation sites excluding steroid dienone is 3. The molecule has 1 atom stereocenters. The minimum absolute atomic E-state index is 0.0339. The van der Waals surface area contributed by atoms with E-state index in [-0.39, 0.29) is 5.43 Å². The highest BCUT2D eigenvalue weighted by Crippen LogP contribution is 2.23. The minimum atomic E-state index is -0.0339. The Morgan fingerprint density at radius 1 is 1.27 bits per heavy atom. The number of nitrogens with zero attached hydrogens (tertiary/aromatic N) is 2. The Hall–Kier alpha value is -2.62. The minimum Gasteiger partial charge on any atom is -0.399 e. The number of para-hydroxylation sites is 1. The average Bonchev–Trinajstić information content (AvgIpc) is 2.54. The number of hydrogen-bond donors (Lipinski definition) is 1. The highest BCUT2D eigenvalue weighted by molar-refractivity contribution is 5.32. The lowest BCUT2D eigenvalue weighted by molar-refractivity contribution is 0.648. The fourth-order valence-corrected chi connectivity index (χ4v) is 2.59. The molecule has 0 bridgehead atoms. The van der Waals surface area contributed by atoms with Crippen molar-refractivity contribution in [2.24, 2.45) is 11.7 Å². The second kappa shape index (κ2) is 6.02. The molecule has 0 amide bonds. The predicted octanol–water partition coefficient (Wildman–Crippen LogP) is 2.58. The first-order valence-electron chi connectivity index (χ1n) is 7.44. The molecule has 0 spiro atoms. The quantitative estimate of drug-likeness (QED) is 0.946. The van der Waals surface area contributed by atoms with Crippen LogP contribution in [0.25, 0.3) is 5.69 Å². The van der Waals surface area contributed by atoms with Gasteiger partial charge in [0, 0.05) is 24.4 Å². The van der Waals surface area contributed by atoms with E-state index in [2.05, 4.69) is 12.0 Å². The molecule has 1 aromatic carbocycles. The molecule has 0 fully saturated rings. The summed E-state index contributed by atoms with van der Waals surface area (Å²) in [6.45, 7) is 2.15. The van der Waals surface area contributed by atoms with Crippen LogP contribution in [0.4, 0.5) is 0 Å². The van der Waals surface area contributed by atoms with Crippen LogP contribution in [0.15, 0.2) is 70.8 Å². The molecule has 1 aliphatic rings. The van der Waals surface area contributed by atoms with E-state index in [1.54, 1.807) is 16.9 Å². The van der Waals surface area contributed by atoms with Gasteiger partial charge in [-0.2, -0.15) is 5.10 Å². The second-order valence-electron chi connectivity index (χ2n) is 5.64. The van der Waals surface area contributed by atoms with Crippen molar-refractivity contribution in [1.82, 2.24) is 9.78 Å². The molecule has 0 saturated heterocycles. The largest absolute Gasteiger partial charge is 0.399 e. The zero-order valence-electron chi connectivity index (χ0n) is 12.6. The monoisotopic (exact) mass is 293 g/mol. The third kappa shape index (κ3) is 3.01. The first kappa shape index (κ1) is 14.3. The number of rotatable bonds is 3. The standard InChI is InChI=1S/C18H19N3O/c1-13-7-8-15(19)11-14(13)12-17-18(22)9-10-21(20-17)16-5-3-2-4-6-16/h2-6,8-11,13H,7,12,19H2,1H3/t13-/m1/s1. The van der Waals surface area contributed by atoms with Gasteiger partial charge in [0.15, 0.2) is 0 Å². The lowest BCUT2D eigenvalue weighted by Crippen LogP contribution is -2.19. The first-order chi connectivity index (χ1) is 10.6. The van der Waals surface area contributed by atoms with E-state index < -0.39 is 0 Å². The molecule has 0 aliphatic heterocycles. The summed E-state index contributed by atoms with van der Waals surface area (Å²) in [6.07, 6.45) is 7.15. The van der Waals surface area contributed by atoms with Gasteiger partial charge in [0.05, 0.1) is 5.69 Å². The fraction of sp³-hybridized carbons (Fsp3) is 0.222. The van der Waals surface area contributed by atoms with Crippen LogP contribution in [-0.4, -0.2) is 9.78 Å². The van der Waals surface area contributed by atoms with Crippen molar-refractivity contribution in [3.63, 3.8) is 0 Å². The summed E-state index contributed by atoms with van der Waals surface area (Å²) in [6, 6.07) is 11.4. The van der Waals surface area contributed by atoms with Gasteiger partial charge in [0.25, 0.3) is 0 Å². The number of benzene rings is 1. The zero-order valence-corrected chi connectivity index (χ0v) is 12.6. The summed E-state index contributed by atoms with van der Waals surface area (Å²) in [5.74, 6) is 0.388. The van der Waals surface area contributed by atoms with Crippen molar-refractivity contribution in [2.75, 3.05) is 0 Å². The van der Waals surface area contributed by atoms with Crippen molar-refractivity contribution in [2.45, 2.75) is 19.8 Å². The fourth-order valence-electron chi connectivity index (χ4n) is 2.59. The van der Waals surface area contributed by atoms with Crippen LogP contribution in [0.5, 0.6) is 0 Å². The smallest absolute Gasteiger partial charge is 0.203 e. The third-order valence-corrected chi connectivity index (χ3v) is 3.96. The van der Waals surface area contributed by atoms with Crippen molar-refractivity contribution in [1.29, 1.82) is 0 Å². The maximum absolute atomic E-state index is 12.1. The van der Waals surface area contributed by atoms with E-state index in [0.29, 0.717) is 18.0 Å². The lowest BCUT2D eigenvalue weighted by Gasteiger charge is -2.19. The molecule has 0 radical (unpaired) electrons. The maximum Gasteiger partial charge on any atom is 0.203 e. The Morgan fingerprint density at radius 3 is 2.82 bits per heavy atom. The Labute approximate surface area is 129 Å². The molecule has 1 aromatic heterocycles. The van der Waals surface area contributed by atoms with E-state index in [9.17, 15) is 4.79 Å². The predicted molar refractivity (Wildman–Crippen MR) is 87.7 cm³/mol. The van der Waals surface area contributed by atoms with Crippen molar-refractivity contribution in [3.8, 4) is 5.69 Å². The molecule has 3 rings (SSSR count). The molecular weight excluding hydrogens is 274 g/mol. The van der Waals surface area contributed by atoms with E-state index in [1.165, 1.54) is 0 Å². The number of nitrogens with two attached hydrogens (primary N) is 1. The lowest BCUT2D eigenvalue weighted by atomic mass is 9.89. The second-order valence-corrected chi connectivity index (χ2v) is 5.64. The van der Waals surface area contributed by atoms with Crippen LogP contribution in [0.1, 0.15) is 19.0 Å². The summed E-state index contributed by atoms with van der Waals surface area (Å²) in [5, 5.41) is 4.50. The van der Waals surface area contributed by atoms with E-state index >= 15 is 0 Å². The molecule has 1 heterocycles. The van der Waals surface area contributed by atoms with Crippen LogP contribution < -0.4 is 11.2 Å². The van der Waals surface area contributed by atoms with Crippen LogP contribution in [0.3, 0.4) is 0 Å². The summed E-state index contributed by atoms with van der Waals surface area (Å²) in [5.41, 5.74) is 9.27. The molecule has 4 nitrogen and oxygen atoms in total. The topological polar surface area (TPSA) is 60.9 Å². The average molecular weight is 293 g/mol. The summed E-state index contributed by atoms with van der Waals surface area (Å²) >= 11 is 0. The normalized spacial score (nSPS) is 17.8. The van der Waals surface area contributed by atoms with E-state index in [4.69, 9.17) is 5.73 Å². The molecule has 0 unspecified atom stereocenters. The van der Waals surface area contributed by atoms with Crippen LogP contribution in [-0.2, 0) is 6.42 Å². The Bertz CT molecular complexity index is 787. The van der Waals surface area contributed by atoms with E-state index in [1.807, 2.05) is 42.5 Å². The van der Waals surface area contributed by atoms with Crippen molar-refractivity contribution < 1.29 is 0 Å². The molecule has 0 saturated carbocycles. The van der Waals surface area contributed by atoms with Crippen molar-refractivity contribution >= 4 is 0 Å². The first-order valence-corrected chi connectivity index (χ1v) is 7.44. The van der Waals surface area contributed by atoms with E-state index in [0.717, 1.165) is 23.4 Å². The van der Waals surface area contributed by atoms with Crippen LogP contribution in [0, 0.1) is 5.92 Å². The molecule has 22 heavy (non-hydrogen) atoms. The molecule has 112 valence electrons. The van der Waals surface area contributed by atoms with Crippen LogP contribution >= 0.6 is 0 Å². The highest BCUT2D eigenvalue weighted by atomic mass is 16.1. The summed E-state index contributed by atoms with van der Waals surface area (Å²) in [4.78, 5) is 12.1. The van der Waals surface area contributed by atoms with Gasteiger partial charge in [0.1, 0.15) is 5.69 Å². The van der Waals surface area contributed by atoms with Gasteiger partial charge in [-0.1, -0.05) is 36.8 Å². The van der Waals surface area contributed by atoms with Gasteiger partial charge >= 0.3 is 0 Å². The Morgan fingerprint density at radius 2 is 2.05 bits per heavy atom. The summed E-state index contributed by atoms with van der Waals surface area (Å²) < 4.78 is 1.74. The van der Waals surface area contributed by atoms with Gasteiger partial charge in [0.2, 0.25) is 5.43 Å². The summed E-state index contributed by atoms with van der Waals surface area (Å²) in [7, 11) is 0. The van der Waals surface area contributed by atoms with Gasteiger partial charge in [-0.3, -0.25) is 4.79 Å². The molecule has 2 aromatic rings. The SMILES string of the molecule is C[C@@H]1CC=C(N)C=C1Cc1nn(-c2ccccc2)ccc1=O. The van der Waals surface area contributed by atoms with Gasteiger partial charge in [-0.25, -0.2) is 4.68 Å². The molecule has 1 aliphatic carbocycles. The van der Waals surface area contributed by atoms with Crippen molar-refractivity contribution in [3.05, 3.63) is 81.9 Å². The van der Waals surface area contributed by atoms with Crippen LogP contribution in [0.2, 0.25) is 0 Å². The number of aromatic nitrogens is 2. The number of hydrogen-bond acceptors (Lipinski definition) is 3. The van der Waals surface area contributed by atoms with Gasteiger partial charge in [-0.15, -0.1) is 0 Å². The third-order valence-electron chi connectivity index (χ3n) is 3.96. The maximum atomic E-state index is 12.1. The zero-order chi connectivity index (χ0) is 15.5. The Balaban J connectivity index is 1.94. The highest BCUT2D eigenvalue weighted by Gasteiger charge is 2.15.